The number of nitrogens with zero attached hydrogens (tertiary/aromatic N) is 1. The van der Waals surface area contributed by atoms with Gasteiger partial charge in [-0.25, -0.2) is 4.79 Å². The summed E-state index contributed by atoms with van der Waals surface area (Å²) >= 11 is 0. The van der Waals surface area contributed by atoms with Gasteiger partial charge >= 0.3 is 6.09 Å². The summed E-state index contributed by atoms with van der Waals surface area (Å²) in [7, 11) is 0. The Balaban J connectivity index is 2.95. The van der Waals surface area contributed by atoms with Gasteiger partial charge < -0.3 is 9.84 Å². The van der Waals surface area contributed by atoms with Crippen molar-refractivity contribution in [3.63, 3.8) is 0 Å². The number of carbonyl (C=O) groups is 1. The average molecular weight is 192 g/mol. The molecule has 0 saturated carbocycles. The van der Waals surface area contributed by atoms with E-state index in [-0.39, 0.29) is 0 Å². The Labute approximate surface area is 80.5 Å². The van der Waals surface area contributed by atoms with Crippen LogP contribution in [0.1, 0.15) is 5.56 Å². The zero-order valence-corrected chi connectivity index (χ0v) is 7.44. The second-order valence-electron chi connectivity index (χ2n) is 2.60. The SMILES string of the molecule is Cc1ccc(NC(=O)O)cc1OC#N. The lowest BCUT2D eigenvalue weighted by atomic mass is 10.2. The molecular weight excluding hydrogens is 184 g/mol. The number of anilines is 1. The number of carboxylic acid groups (broad SMARTS) is 1. The van der Waals surface area contributed by atoms with Crippen molar-refractivity contribution >= 4 is 11.8 Å². The minimum absolute atomic E-state index is 0.346. The highest BCUT2D eigenvalue weighted by molar-refractivity contribution is 5.83. The largest absolute Gasteiger partial charge is 0.465 e. The maximum absolute atomic E-state index is 10.3. The fourth-order valence-corrected chi connectivity index (χ4v) is 0.960. The van der Waals surface area contributed by atoms with Crippen molar-refractivity contribution in [1.82, 2.24) is 0 Å². The van der Waals surface area contributed by atoms with Gasteiger partial charge in [-0.3, -0.25) is 5.32 Å². The summed E-state index contributed by atoms with van der Waals surface area (Å²) < 4.78 is 4.63. The van der Waals surface area contributed by atoms with Crippen LogP contribution in [0.3, 0.4) is 0 Å². The molecule has 72 valence electrons. The molecule has 0 spiro atoms. The van der Waals surface area contributed by atoms with Gasteiger partial charge in [-0.15, -0.1) is 5.26 Å². The van der Waals surface area contributed by atoms with Crippen LogP contribution in [0.2, 0.25) is 0 Å². The lowest BCUT2D eigenvalue weighted by Crippen LogP contribution is -2.07. The van der Waals surface area contributed by atoms with Gasteiger partial charge in [-0.05, 0) is 18.6 Å². The van der Waals surface area contributed by atoms with Crippen LogP contribution >= 0.6 is 0 Å². The number of rotatable bonds is 2. The molecule has 5 heteroatoms. The van der Waals surface area contributed by atoms with Gasteiger partial charge in [0.25, 0.3) is 6.26 Å². The minimum atomic E-state index is -1.16. The molecule has 0 radical (unpaired) electrons. The van der Waals surface area contributed by atoms with Crippen molar-refractivity contribution in [3.05, 3.63) is 23.8 Å². The second kappa shape index (κ2) is 4.14. The first kappa shape index (κ1) is 9.86. The standard InChI is InChI=1S/C9H8N2O3/c1-6-2-3-7(11-9(12)13)4-8(6)14-5-10/h2-4,11H,1H3,(H,12,13). The number of hydrogen-bond acceptors (Lipinski definition) is 3. The Morgan fingerprint density at radius 3 is 2.93 bits per heavy atom. The lowest BCUT2D eigenvalue weighted by Gasteiger charge is -2.04. The Kier molecular flexibility index (Phi) is 2.92. The summed E-state index contributed by atoms with van der Waals surface area (Å²) in [6.45, 7) is 1.76. The molecule has 1 rings (SSSR count). The summed E-state index contributed by atoms with van der Waals surface area (Å²) in [5.41, 5.74) is 1.14. The molecule has 2 N–H and O–H groups in total. The molecule has 1 aromatic carbocycles. The molecule has 0 atom stereocenters. The lowest BCUT2D eigenvalue weighted by molar-refractivity contribution is 0.210. The predicted molar refractivity (Wildman–Crippen MR) is 49.1 cm³/mol. The van der Waals surface area contributed by atoms with Gasteiger partial charge in [0, 0.05) is 11.8 Å². The van der Waals surface area contributed by atoms with Gasteiger partial charge in [-0.2, -0.15) is 0 Å². The molecule has 5 nitrogen and oxygen atoms in total. The first-order chi connectivity index (χ1) is 6.63. The number of amides is 1. The smallest absolute Gasteiger partial charge is 0.409 e. The zero-order valence-electron chi connectivity index (χ0n) is 7.44. The quantitative estimate of drug-likeness (QED) is 0.701. The monoisotopic (exact) mass is 192 g/mol. The highest BCUT2D eigenvalue weighted by atomic mass is 16.5. The van der Waals surface area contributed by atoms with Crippen LogP contribution in [0.25, 0.3) is 0 Å². The summed E-state index contributed by atoms with van der Waals surface area (Å²) in [5.74, 6) is 0.346. The summed E-state index contributed by atoms with van der Waals surface area (Å²) in [5, 5.41) is 18.9. The van der Waals surface area contributed by atoms with Crippen molar-refractivity contribution in [2.45, 2.75) is 6.92 Å². The van der Waals surface area contributed by atoms with Crippen molar-refractivity contribution in [2.75, 3.05) is 5.32 Å². The number of benzene rings is 1. The molecule has 0 aliphatic carbocycles. The maximum atomic E-state index is 10.3. The van der Waals surface area contributed by atoms with E-state index in [9.17, 15) is 4.79 Å². The van der Waals surface area contributed by atoms with Crippen LogP contribution in [-0.2, 0) is 0 Å². The van der Waals surface area contributed by atoms with Crippen LogP contribution in [0, 0.1) is 18.4 Å². The van der Waals surface area contributed by atoms with Crippen LogP contribution in [0.5, 0.6) is 5.75 Å². The molecule has 14 heavy (non-hydrogen) atoms. The number of nitriles is 1. The van der Waals surface area contributed by atoms with Crippen LogP contribution in [0.4, 0.5) is 10.5 Å². The van der Waals surface area contributed by atoms with Gasteiger partial charge in [-0.1, -0.05) is 6.07 Å². The third-order valence-electron chi connectivity index (χ3n) is 1.60. The van der Waals surface area contributed by atoms with Crippen LogP contribution in [-0.4, -0.2) is 11.2 Å². The molecule has 1 amide bonds. The average Bonchev–Trinajstić information content (AvgIpc) is 2.10. The Morgan fingerprint density at radius 1 is 1.64 bits per heavy atom. The van der Waals surface area contributed by atoms with Crippen molar-refractivity contribution in [3.8, 4) is 12.0 Å². The first-order valence-corrected chi connectivity index (χ1v) is 3.80. The van der Waals surface area contributed by atoms with Gasteiger partial charge in [0.15, 0.2) is 0 Å². The normalized spacial score (nSPS) is 8.86. The highest BCUT2D eigenvalue weighted by Crippen LogP contribution is 2.22. The fourth-order valence-electron chi connectivity index (χ4n) is 0.960. The van der Waals surface area contributed by atoms with E-state index in [0.717, 1.165) is 5.56 Å². The molecule has 0 unspecified atom stereocenters. The molecule has 0 heterocycles. The molecule has 1 aromatic rings. The summed E-state index contributed by atoms with van der Waals surface area (Å²) in [4.78, 5) is 10.3. The van der Waals surface area contributed by atoms with Crippen molar-refractivity contribution < 1.29 is 14.6 Å². The van der Waals surface area contributed by atoms with Gasteiger partial charge in [0.05, 0.1) is 0 Å². The Hall–Kier alpha value is -2.22. The first-order valence-electron chi connectivity index (χ1n) is 3.80. The molecule has 0 fully saturated rings. The maximum Gasteiger partial charge on any atom is 0.409 e. The van der Waals surface area contributed by atoms with E-state index in [1.165, 1.54) is 12.3 Å². The predicted octanol–water partition coefficient (Wildman–Crippen LogP) is 1.94. The molecule has 0 aromatic heterocycles. The van der Waals surface area contributed by atoms with Crippen molar-refractivity contribution in [2.24, 2.45) is 0 Å². The Bertz CT molecular complexity index is 396. The molecule has 0 aliphatic rings. The number of nitrogens with one attached hydrogen (secondary N) is 1. The summed E-state index contributed by atoms with van der Waals surface area (Å²) in [6.07, 6.45) is 0.374. The molecular formula is C9H8N2O3. The third-order valence-corrected chi connectivity index (χ3v) is 1.60. The molecule has 0 aliphatic heterocycles. The van der Waals surface area contributed by atoms with Crippen LogP contribution < -0.4 is 10.1 Å². The summed E-state index contributed by atoms with van der Waals surface area (Å²) in [6, 6.07) is 4.71. The number of hydrogen-bond donors (Lipinski definition) is 2. The van der Waals surface area contributed by atoms with E-state index < -0.39 is 6.09 Å². The van der Waals surface area contributed by atoms with Gasteiger partial charge in [0.2, 0.25) is 0 Å². The fraction of sp³-hybridized carbons (Fsp3) is 0.111. The second-order valence-corrected chi connectivity index (χ2v) is 2.60. The third kappa shape index (κ3) is 2.38. The van der Waals surface area contributed by atoms with E-state index in [4.69, 9.17) is 10.4 Å². The van der Waals surface area contributed by atoms with E-state index >= 15 is 0 Å². The zero-order chi connectivity index (χ0) is 10.6. The van der Waals surface area contributed by atoms with E-state index in [0.29, 0.717) is 11.4 Å². The van der Waals surface area contributed by atoms with E-state index in [1.54, 1.807) is 19.1 Å². The van der Waals surface area contributed by atoms with Crippen molar-refractivity contribution in [1.29, 1.82) is 5.26 Å². The van der Waals surface area contributed by atoms with Crippen LogP contribution in [0.15, 0.2) is 18.2 Å². The van der Waals surface area contributed by atoms with E-state index in [2.05, 4.69) is 10.1 Å². The topological polar surface area (TPSA) is 82.3 Å². The number of ether oxygens (including phenoxy) is 1. The molecule has 0 saturated heterocycles. The van der Waals surface area contributed by atoms with E-state index in [1.807, 2.05) is 0 Å². The minimum Gasteiger partial charge on any atom is -0.465 e. The highest BCUT2D eigenvalue weighted by Gasteiger charge is 2.03. The molecule has 0 bridgehead atoms. The Morgan fingerprint density at radius 2 is 2.36 bits per heavy atom. The van der Waals surface area contributed by atoms with Gasteiger partial charge in [0.1, 0.15) is 5.75 Å². The number of aryl methyl sites for hydroxylation is 1.